The van der Waals surface area contributed by atoms with Gasteiger partial charge in [0.05, 0.1) is 32.6 Å². The third-order valence-electron chi connectivity index (χ3n) is 7.07. The molecule has 3 aliphatic rings. The zero-order valence-electron chi connectivity index (χ0n) is 18.8. The molecule has 3 atom stereocenters. The molecular weight excluding hydrogens is 438 g/mol. The van der Waals surface area contributed by atoms with Gasteiger partial charge in [0.25, 0.3) is 16.0 Å². The molecule has 1 saturated carbocycles. The van der Waals surface area contributed by atoms with Crippen LogP contribution in [0.1, 0.15) is 43.7 Å². The zero-order chi connectivity index (χ0) is 23.3. The van der Waals surface area contributed by atoms with Gasteiger partial charge in [0.1, 0.15) is 5.41 Å². The van der Waals surface area contributed by atoms with Crippen molar-refractivity contribution in [3.8, 4) is 11.5 Å². The van der Waals surface area contributed by atoms with Gasteiger partial charge in [-0.3, -0.25) is 13.8 Å². The van der Waals surface area contributed by atoms with E-state index in [9.17, 15) is 18.0 Å². The maximum absolute atomic E-state index is 13.7. The van der Waals surface area contributed by atoms with Crippen molar-refractivity contribution in [2.75, 3.05) is 33.6 Å². The van der Waals surface area contributed by atoms with Crippen molar-refractivity contribution in [1.29, 1.82) is 0 Å². The quantitative estimate of drug-likeness (QED) is 0.460. The summed E-state index contributed by atoms with van der Waals surface area (Å²) in [6, 6.07) is 3.69. The van der Waals surface area contributed by atoms with Crippen LogP contribution in [0, 0.1) is 5.41 Å². The van der Waals surface area contributed by atoms with Crippen LogP contribution in [-0.2, 0) is 40.6 Å². The van der Waals surface area contributed by atoms with Crippen molar-refractivity contribution in [3.63, 3.8) is 0 Å². The molecule has 4 rings (SSSR count). The molecule has 0 aromatic heterocycles. The van der Waals surface area contributed by atoms with Gasteiger partial charge >= 0.3 is 5.97 Å². The fourth-order valence-corrected chi connectivity index (χ4v) is 6.58. The first kappa shape index (κ1) is 22.8. The fraction of sp³-hybridized carbons (Fsp3) is 0.636. The molecule has 176 valence electrons. The Balaban J connectivity index is 2.04. The molecular formula is C22H29NO8S. The van der Waals surface area contributed by atoms with Gasteiger partial charge < -0.3 is 19.1 Å². The summed E-state index contributed by atoms with van der Waals surface area (Å²) in [6.07, 6.45) is 2.14. The number of hydrogen-bond donors (Lipinski definition) is 0. The molecule has 9 nitrogen and oxygen atoms in total. The Morgan fingerprint density at radius 2 is 1.81 bits per heavy atom. The van der Waals surface area contributed by atoms with Gasteiger partial charge in [0, 0.05) is 6.54 Å². The molecule has 32 heavy (non-hydrogen) atoms. The molecule has 1 aromatic carbocycles. The molecule has 0 N–H and O–H groups in total. The molecule has 1 aromatic rings. The second kappa shape index (κ2) is 7.91. The van der Waals surface area contributed by atoms with E-state index in [1.54, 1.807) is 18.9 Å². The van der Waals surface area contributed by atoms with E-state index in [0.29, 0.717) is 37.3 Å². The molecule has 1 amide bonds. The zero-order valence-corrected chi connectivity index (χ0v) is 19.6. The summed E-state index contributed by atoms with van der Waals surface area (Å²) in [5.41, 5.74) is -0.878. The molecule has 2 aliphatic heterocycles. The van der Waals surface area contributed by atoms with Gasteiger partial charge in [-0.15, -0.1) is 0 Å². The molecule has 1 saturated heterocycles. The van der Waals surface area contributed by atoms with E-state index in [4.69, 9.17) is 18.4 Å². The smallest absolute Gasteiger partial charge is 0.318 e. The van der Waals surface area contributed by atoms with Crippen LogP contribution in [0.4, 0.5) is 0 Å². The minimum atomic E-state index is -4.02. The number of amides is 1. The highest BCUT2D eigenvalue weighted by atomic mass is 32.2. The molecule has 2 heterocycles. The van der Waals surface area contributed by atoms with Gasteiger partial charge in [-0.2, -0.15) is 8.42 Å². The first-order chi connectivity index (χ1) is 15.2. The number of carbonyl (C=O) groups is 2. The Bertz CT molecular complexity index is 1050. The summed E-state index contributed by atoms with van der Waals surface area (Å²) in [6.45, 7) is 2.13. The molecule has 0 bridgehead atoms. The Hall–Kier alpha value is -2.33. The standard InChI is InChI=1S/C22H29NO8S/c1-5-30-20(25)21-9-6-7-10-22(21)15-13-17(29-3)16(28-2)12-14(15)8-11-23(22)19(24)18(21)31-32(4,26)27/h12-13,18H,5-11H2,1-4H3/t18-,21+,22-/m1/s1. The Morgan fingerprint density at radius 3 is 2.44 bits per heavy atom. The number of methoxy groups -OCH3 is 2. The lowest BCUT2D eigenvalue weighted by atomic mass is 9.56. The van der Waals surface area contributed by atoms with Crippen LogP contribution in [0.15, 0.2) is 12.1 Å². The fourth-order valence-electron chi connectivity index (χ4n) is 5.98. The van der Waals surface area contributed by atoms with Crippen LogP contribution in [0.3, 0.4) is 0 Å². The lowest BCUT2D eigenvalue weighted by Crippen LogP contribution is -2.61. The average molecular weight is 468 g/mol. The van der Waals surface area contributed by atoms with E-state index in [2.05, 4.69) is 0 Å². The average Bonchev–Trinajstić information content (AvgIpc) is 2.98. The Morgan fingerprint density at radius 1 is 1.16 bits per heavy atom. The number of hydrogen-bond acceptors (Lipinski definition) is 8. The summed E-state index contributed by atoms with van der Waals surface area (Å²) in [4.78, 5) is 28.9. The van der Waals surface area contributed by atoms with Crippen LogP contribution < -0.4 is 9.47 Å². The maximum Gasteiger partial charge on any atom is 0.318 e. The number of rotatable bonds is 6. The van der Waals surface area contributed by atoms with E-state index in [1.807, 2.05) is 12.1 Å². The highest BCUT2D eigenvalue weighted by molar-refractivity contribution is 7.86. The first-order valence-corrected chi connectivity index (χ1v) is 12.6. The normalized spacial score (nSPS) is 29.1. The first-order valence-electron chi connectivity index (χ1n) is 10.8. The summed E-state index contributed by atoms with van der Waals surface area (Å²) >= 11 is 0. The maximum atomic E-state index is 13.7. The summed E-state index contributed by atoms with van der Waals surface area (Å²) in [5.74, 6) is -0.0645. The predicted molar refractivity (Wildman–Crippen MR) is 114 cm³/mol. The third-order valence-corrected chi connectivity index (χ3v) is 7.61. The van der Waals surface area contributed by atoms with E-state index in [1.165, 1.54) is 7.11 Å². The van der Waals surface area contributed by atoms with E-state index >= 15 is 0 Å². The van der Waals surface area contributed by atoms with Crippen molar-refractivity contribution in [1.82, 2.24) is 4.90 Å². The minimum absolute atomic E-state index is 0.106. The second-order valence-corrected chi connectivity index (χ2v) is 10.1. The summed E-state index contributed by atoms with van der Waals surface area (Å²) in [5, 5.41) is 0. The monoisotopic (exact) mass is 467 g/mol. The van der Waals surface area contributed by atoms with Crippen molar-refractivity contribution >= 4 is 22.0 Å². The Labute approximate surface area is 188 Å². The van der Waals surface area contributed by atoms with Gasteiger partial charge in [0.15, 0.2) is 17.6 Å². The van der Waals surface area contributed by atoms with Crippen molar-refractivity contribution in [2.24, 2.45) is 5.41 Å². The number of ether oxygens (including phenoxy) is 3. The van der Waals surface area contributed by atoms with E-state index < -0.39 is 39.1 Å². The highest BCUT2D eigenvalue weighted by Crippen LogP contribution is 2.64. The van der Waals surface area contributed by atoms with Crippen molar-refractivity contribution < 1.29 is 36.4 Å². The highest BCUT2D eigenvalue weighted by Gasteiger charge is 2.76. The van der Waals surface area contributed by atoms with Crippen molar-refractivity contribution in [3.05, 3.63) is 23.3 Å². The van der Waals surface area contributed by atoms with Gasteiger partial charge in [0.2, 0.25) is 0 Å². The van der Waals surface area contributed by atoms with E-state index in [-0.39, 0.29) is 13.0 Å². The lowest BCUT2D eigenvalue weighted by Gasteiger charge is -2.54. The van der Waals surface area contributed by atoms with Crippen LogP contribution in [-0.4, -0.2) is 64.9 Å². The van der Waals surface area contributed by atoms with Crippen LogP contribution in [0.25, 0.3) is 0 Å². The number of carbonyl (C=O) groups excluding carboxylic acids is 2. The van der Waals surface area contributed by atoms with Gasteiger partial charge in [-0.1, -0.05) is 12.8 Å². The largest absolute Gasteiger partial charge is 0.493 e. The molecule has 2 fully saturated rings. The second-order valence-electron chi connectivity index (χ2n) is 8.54. The summed E-state index contributed by atoms with van der Waals surface area (Å²) in [7, 11) is -0.948. The predicted octanol–water partition coefficient (Wildman–Crippen LogP) is 1.77. The Kier molecular flexibility index (Phi) is 5.65. The van der Waals surface area contributed by atoms with Gasteiger partial charge in [-0.25, -0.2) is 0 Å². The number of benzene rings is 1. The minimum Gasteiger partial charge on any atom is -0.493 e. The van der Waals surface area contributed by atoms with Crippen LogP contribution >= 0.6 is 0 Å². The topological polar surface area (TPSA) is 108 Å². The lowest BCUT2D eigenvalue weighted by molar-refractivity contribution is -0.173. The van der Waals surface area contributed by atoms with Crippen LogP contribution in [0.2, 0.25) is 0 Å². The van der Waals surface area contributed by atoms with Crippen molar-refractivity contribution in [2.45, 2.75) is 50.7 Å². The molecule has 1 spiro atoms. The molecule has 1 aliphatic carbocycles. The molecule has 0 unspecified atom stereocenters. The van der Waals surface area contributed by atoms with Gasteiger partial charge in [-0.05, 0) is 49.4 Å². The molecule has 10 heteroatoms. The number of esters is 1. The third kappa shape index (κ3) is 3.02. The SMILES string of the molecule is CCOC(=O)[C@@]12CCCC[C@@]13c1cc(OC)c(OC)cc1CCN3C(=O)[C@H]2OS(C)(=O)=O. The number of nitrogens with zero attached hydrogens (tertiary/aromatic N) is 1. The van der Waals surface area contributed by atoms with E-state index in [0.717, 1.165) is 23.8 Å². The molecule has 0 radical (unpaired) electrons. The van der Waals surface area contributed by atoms with Crippen LogP contribution in [0.5, 0.6) is 11.5 Å². The summed E-state index contributed by atoms with van der Waals surface area (Å²) < 4.78 is 46.2. The number of fused-ring (bicyclic) bond motifs is 1.